The Morgan fingerprint density at radius 1 is 1.43 bits per heavy atom. The number of aromatic nitrogens is 1. The minimum atomic E-state index is -3.30. The Hall–Kier alpha value is -1.51. The zero-order chi connectivity index (χ0) is 16.7. The Morgan fingerprint density at radius 2 is 2.17 bits per heavy atom. The molecule has 0 atom stereocenters. The molecule has 1 fully saturated rings. The van der Waals surface area contributed by atoms with Gasteiger partial charge in [-0.15, -0.1) is 0 Å². The van der Waals surface area contributed by atoms with E-state index in [2.05, 4.69) is 10.3 Å². The zero-order valence-corrected chi connectivity index (χ0v) is 14.1. The Morgan fingerprint density at radius 3 is 2.78 bits per heavy atom. The van der Waals surface area contributed by atoms with Gasteiger partial charge in [0.05, 0.1) is 12.7 Å². The van der Waals surface area contributed by atoms with E-state index in [4.69, 9.17) is 4.74 Å². The molecule has 0 bridgehead atoms. The van der Waals surface area contributed by atoms with Crippen molar-refractivity contribution < 1.29 is 17.9 Å². The van der Waals surface area contributed by atoms with Gasteiger partial charge in [-0.1, -0.05) is 6.07 Å². The van der Waals surface area contributed by atoms with E-state index in [1.54, 1.807) is 18.5 Å². The Bertz CT molecular complexity index is 600. The second-order valence-electron chi connectivity index (χ2n) is 5.61. The first kappa shape index (κ1) is 17.8. The van der Waals surface area contributed by atoms with Gasteiger partial charge in [0.15, 0.2) is 0 Å². The minimum absolute atomic E-state index is 0.0472. The largest absolute Gasteiger partial charge is 0.381 e. The van der Waals surface area contributed by atoms with Crippen LogP contribution in [0.5, 0.6) is 0 Å². The fourth-order valence-electron chi connectivity index (χ4n) is 2.65. The second-order valence-corrected chi connectivity index (χ2v) is 7.54. The highest BCUT2D eigenvalue weighted by Crippen LogP contribution is 2.16. The average molecular weight is 341 g/mol. The third kappa shape index (κ3) is 5.89. The standard InChI is InChI=1S/C15H23N3O4S/c1-23(20,21)18(14-4-9-22-10-5-14)8-7-17-15(19)11-13-3-2-6-16-12-13/h2-3,6,12,14H,4-5,7-11H2,1H3,(H,17,19). The Balaban J connectivity index is 1.83. The summed E-state index contributed by atoms with van der Waals surface area (Å²) in [6.45, 7) is 1.72. The molecular formula is C15H23N3O4S. The number of carbonyl (C=O) groups is 1. The summed E-state index contributed by atoms with van der Waals surface area (Å²) in [7, 11) is -3.30. The summed E-state index contributed by atoms with van der Waals surface area (Å²) in [5.74, 6) is -0.140. The van der Waals surface area contributed by atoms with Crippen molar-refractivity contribution in [1.82, 2.24) is 14.6 Å². The van der Waals surface area contributed by atoms with Crippen LogP contribution >= 0.6 is 0 Å². The molecule has 1 aromatic heterocycles. The number of hydrogen-bond acceptors (Lipinski definition) is 5. The predicted molar refractivity (Wildman–Crippen MR) is 86.3 cm³/mol. The van der Waals surface area contributed by atoms with Crippen LogP contribution < -0.4 is 5.32 Å². The molecule has 2 rings (SSSR count). The van der Waals surface area contributed by atoms with Crippen molar-refractivity contribution in [3.8, 4) is 0 Å². The first-order chi connectivity index (χ1) is 11.0. The summed E-state index contributed by atoms with van der Waals surface area (Å²) < 4.78 is 30.7. The topological polar surface area (TPSA) is 88.6 Å². The molecule has 128 valence electrons. The average Bonchev–Trinajstić information content (AvgIpc) is 2.52. The molecule has 0 spiro atoms. The second kappa shape index (κ2) is 8.37. The van der Waals surface area contributed by atoms with E-state index >= 15 is 0 Å². The molecule has 1 amide bonds. The molecule has 1 aliphatic rings. The van der Waals surface area contributed by atoms with Gasteiger partial charge in [-0.3, -0.25) is 9.78 Å². The monoisotopic (exact) mass is 341 g/mol. The molecule has 0 radical (unpaired) electrons. The van der Waals surface area contributed by atoms with Crippen LogP contribution in [0.3, 0.4) is 0 Å². The summed E-state index contributed by atoms with van der Waals surface area (Å²) in [5, 5.41) is 2.77. The molecule has 1 aromatic rings. The van der Waals surface area contributed by atoms with E-state index in [-0.39, 0.29) is 24.9 Å². The molecule has 0 aliphatic carbocycles. The van der Waals surface area contributed by atoms with Crippen molar-refractivity contribution in [3.05, 3.63) is 30.1 Å². The van der Waals surface area contributed by atoms with Crippen molar-refractivity contribution >= 4 is 15.9 Å². The number of carbonyl (C=O) groups excluding carboxylic acids is 1. The summed E-state index contributed by atoms with van der Waals surface area (Å²) in [5.41, 5.74) is 0.828. The molecule has 1 saturated heterocycles. The van der Waals surface area contributed by atoms with Crippen molar-refractivity contribution in [1.29, 1.82) is 0 Å². The molecule has 0 unspecified atom stereocenters. The summed E-state index contributed by atoms with van der Waals surface area (Å²) in [6, 6.07) is 3.56. The van der Waals surface area contributed by atoms with E-state index in [0.29, 0.717) is 32.6 Å². The van der Waals surface area contributed by atoms with Gasteiger partial charge >= 0.3 is 0 Å². The lowest BCUT2D eigenvalue weighted by Gasteiger charge is -2.32. The number of ether oxygens (including phenoxy) is 1. The lowest BCUT2D eigenvalue weighted by molar-refractivity contribution is -0.120. The third-order valence-corrected chi connectivity index (χ3v) is 5.10. The van der Waals surface area contributed by atoms with Gasteiger partial charge in [0.2, 0.25) is 15.9 Å². The Labute approximate surface area is 137 Å². The molecule has 2 heterocycles. The van der Waals surface area contributed by atoms with Gasteiger partial charge in [-0.25, -0.2) is 8.42 Å². The van der Waals surface area contributed by atoms with Gasteiger partial charge < -0.3 is 10.1 Å². The van der Waals surface area contributed by atoms with E-state index < -0.39 is 10.0 Å². The number of nitrogens with zero attached hydrogens (tertiary/aromatic N) is 2. The SMILES string of the molecule is CS(=O)(=O)N(CCNC(=O)Cc1cccnc1)C1CCOCC1. The van der Waals surface area contributed by atoms with Crippen LogP contribution in [0.4, 0.5) is 0 Å². The van der Waals surface area contributed by atoms with E-state index in [0.717, 1.165) is 5.56 Å². The molecule has 0 saturated carbocycles. The lowest BCUT2D eigenvalue weighted by atomic mass is 10.1. The third-order valence-electron chi connectivity index (χ3n) is 3.77. The summed E-state index contributed by atoms with van der Waals surface area (Å²) in [6.07, 6.45) is 6.13. The van der Waals surface area contributed by atoms with E-state index in [1.165, 1.54) is 10.6 Å². The van der Waals surface area contributed by atoms with Crippen LogP contribution in [-0.4, -0.2) is 62.2 Å². The van der Waals surface area contributed by atoms with Gasteiger partial charge in [-0.05, 0) is 24.5 Å². The number of rotatable bonds is 7. The molecule has 23 heavy (non-hydrogen) atoms. The quantitative estimate of drug-likeness (QED) is 0.764. The smallest absolute Gasteiger partial charge is 0.224 e. The van der Waals surface area contributed by atoms with Crippen LogP contribution in [0, 0.1) is 0 Å². The van der Waals surface area contributed by atoms with Crippen LogP contribution in [0.15, 0.2) is 24.5 Å². The predicted octanol–water partition coefficient (Wildman–Crippen LogP) is 0.181. The van der Waals surface area contributed by atoms with Crippen molar-refractivity contribution in [2.45, 2.75) is 25.3 Å². The number of sulfonamides is 1. The highest BCUT2D eigenvalue weighted by Gasteiger charge is 2.28. The van der Waals surface area contributed by atoms with Gasteiger partial charge in [0, 0.05) is 44.7 Å². The highest BCUT2D eigenvalue weighted by molar-refractivity contribution is 7.88. The van der Waals surface area contributed by atoms with Gasteiger partial charge in [-0.2, -0.15) is 4.31 Å². The number of hydrogen-bond donors (Lipinski definition) is 1. The number of pyridine rings is 1. The van der Waals surface area contributed by atoms with Crippen LogP contribution in [0.2, 0.25) is 0 Å². The van der Waals surface area contributed by atoms with Gasteiger partial charge in [0.25, 0.3) is 0 Å². The summed E-state index contributed by atoms with van der Waals surface area (Å²) in [4.78, 5) is 15.9. The van der Waals surface area contributed by atoms with Crippen molar-refractivity contribution in [2.75, 3.05) is 32.6 Å². The molecule has 7 nitrogen and oxygen atoms in total. The Kier molecular flexibility index (Phi) is 6.49. The zero-order valence-electron chi connectivity index (χ0n) is 13.3. The minimum Gasteiger partial charge on any atom is -0.381 e. The number of amides is 1. The molecule has 8 heteroatoms. The van der Waals surface area contributed by atoms with E-state index in [9.17, 15) is 13.2 Å². The molecule has 1 N–H and O–H groups in total. The summed E-state index contributed by atoms with van der Waals surface area (Å²) >= 11 is 0. The lowest BCUT2D eigenvalue weighted by Crippen LogP contribution is -2.46. The molecular weight excluding hydrogens is 318 g/mol. The molecule has 0 aromatic carbocycles. The van der Waals surface area contributed by atoms with Crippen LogP contribution in [0.1, 0.15) is 18.4 Å². The maximum absolute atomic E-state index is 12.0. The maximum atomic E-state index is 12.0. The van der Waals surface area contributed by atoms with Crippen molar-refractivity contribution in [3.63, 3.8) is 0 Å². The van der Waals surface area contributed by atoms with Crippen molar-refractivity contribution in [2.24, 2.45) is 0 Å². The maximum Gasteiger partial charge on any atom is 0.224 e. The van der Waals surface area contributed by atoms with E-state index in [1.807, 2.05) is 6.07 Å². The fraction of sp³-hybridized carbons (Fsp3) is 0.600. The molecule has 1 aliphatic heterocycles. The van der Waals surface area contributed by atoms with Crippen LogP contribution in [0.25, 0.3) is 0 Å². The fourth-order valence-corrected chi connectivity index (χ4v) is 3.82. The van der Waals surface area contributed by atoms with Gasteiger partial charge in [0.1, 0.15) is 0 Å². The normalized spacial score (nSPS) is 16.4. The highest BCUT2D eigenvalue weighted by atomic mass is 32.2. The number of nitrogens with one attached hydrogen (secondary N) is 1. The first-order valence-electron chi connectivity index (χ1n) is 7.67. The first-order valence-corrected chi connectivity index (χ1v) is 9.52. The van der Waals surface area contributed by atoms with Crippen LogP contribution in [-0.2, 0) is 26.0 Å².